The van der Waals surface area contributed by atoms with Gasteiger partial charge in [-0.1, -0.05) is 91.0 Å². The molecule has 1 aliphatic rings. The van der Waals surface area contributed by atoms with Crippen LogP contribution in [0.3, 0.4) is 0 Å². The van der Waals surface area contributed by atoms with Crippen molar-refractivity contribution in [3.05, 3.63) is 126 Å². The Bertz CT molecular complexity index is 1320. The van der Waals surface area contributed by atoms with Crippen LogP contribution in [-0.2, 0) is 4.79 Å². The van der Waals surface area contributed by atoms with Gasteiger partial charge in [0, 0.05) is 22.6 Å². The first-order chi connectivity index (χ1) is 17.2. The average Bonchev–Trinajstić information content (AvgIpc) is 2.92. The van der Waals surface area contributed by atoms with Crippen LogP contribution in [0.4, 0.5) is 5.69 Å². The fourth-order valence-corrected chi connectivity index (χ4v) is 6.70. The number of allylic oxidation sites excluding steroid dienone is 1. The van der Waals surface area contributed by atoms with Crippen molar-refractivity contribution in [2.24, 2.45) is 0 Å². The van der Waals surface area contributed by atoms with Gasteiger partial charge in [0.25, 0.3) is 0 Å². The van der Waals surface area contributed by atoms with E-state index in [9.17, 15) is 4.79 Å². The Morgan fingerprint density at radius 1 is 0.743 bits per heavy atom. The van der Waals surface area contributed by atoms with Crippen LogP contribution in [0.2, 0.25) is 0 Å². The number of carbonyl (C=O) groups is 1. The largest absolute Gasteiger partial charge is 0.313 e. The average molecular weight is 494 g/mol. The second kappa shape index (κ2) is 11.0. The summed E-state index contributed by atoms with van der Waals surface area (Å²) in [4.78, 5) is 17.7. The van der Waals surface area contributed by atoms with Crippen molar-refractivity contribution in [2.75, 3.05) is 17.7 Å². The maximum absolute atomic E-state index is 13.5. The van der Waals surface area contributed by atoms with E-state index >= 15 is 0 Å². The van der Waals surface area contributed by atoms with E-state index in [1.165, 1.54) is 27.2 Å². The number of benzene rings is 4. The molecule has 5 rings (SSSR count). The molecule has 0 N–H and O–H groups in total. The Morgan fingerprint density at radius 3 is 1.94 bits per heavy atom. The molecular formula is C31H27NOS2. The number of nitrogens with zero attached hydrogens (tertiary/aromatic N) is 1. The third-order valence-electron chi connectivity index (χ3n) is 6.23. The van der Waals surface area contributed by atoms with Gasteiger partial charge in [0.2, 0.25) is 5.91 Å². The molecule has 4 aromatic carbocycles. The first-order valence-corrected chi connectivity index (χ1v) is 13.6. The first kappa shape index (κ1) is 23.5. The van der Waals surface area contributed by atoms with Crippen LogP contribution in [-0.4, -0.2) is 24.0 Å². The number of carbonyl (C=O) groups excluding carboxylic acids is 1. The minimum atomic E-state index is -0.175. The molecule has 0 fully saturated rings. The Morgan fingerprint density at radius 2 is 1.29 bits per heavy atom. The molecule has 0 aliphatic carbocycles. The van der Waals surface area contributed by atoms with Crippen LogP contribution in [0.5, 0.6) is 0 Å². The Hall–Kier alpha value is -3.21. The van der Waals surface area contributed by atoms with Crippen molar-refractivity contribution >= 4 is 46.3 Å². The van der Waals surface area contributed by atoms with Crippen LogP contribution in [0.25, 0.3) is 11.1 Å². The SMILES string of the molecule is CN1C(=O)C(C/C(=C(\CSc2ccccc2)c2ccccc2)c2ccccc2)Sc2ccccc21. The smallest absolute Gasteiger partial charge is 0.240 e. The van der Waals surface area contributed by atoms with Gasteiger partial charge in [0.15, 0.2) is 0 Å². The predicted octanol–water partition coefficient (Wildman–Crippen LogP) is 7.92. The highest BCUT2D eigenvalue weighted by molar-refractivity contribution is 8.01. The molecule has 1 atom stereocenters. The Balaban J connectivity index is 1.58. The number of hydrogen-bond acceptors (Lipinski definition) is 3. The number of amides is 1. The van der Waals surface area contributed by atoms with E-state index in [4.69, 9.17) is 0 Å². The molecule has 0 bridgehead atoms. The van der Waals surface area contributed by atoms with Gasteiger partial charge >= 0.3 is 0 Å². The topological polar surface area (TPSA) is 20.3 Å². The molecule has 0 saturated heterocycles. The Kier molecular flexibility index (Phi) is 7.41. The summed E-state index contributed by atoms with van der Waals surface area (Å²) in [6.07, 6.45) is 0.672. The van der Waals surface area contributed by atoms with Crippen LogP contribution in [0.1, 0.15) is 17.5 Å². The van der Waals surface area contributed by atoms with E-state index < -0.39 is 0 Å². The standard InChI is InChI=1S/C31H27NOS2/c1-32-28-19-11-12-20-29(28)35-30(31(32)33)21-26(23-13-5-2-6-14-23)27(24-15-7-3-8-16-24)22-34-25-17-9-4-10-18-25/h2-20,30H,21-22H2,1H3/b27-26-. The lowest BCUT2D eigenvalue weighted by atomic mass is 9.92. The second-order valence-corrected chi connectivity index (χ2v) is 10.8. The van der Waals surface area contributed by atoms with Gasteiger partial charge in [0.1, 0.15) is 0 Å². The molecule has 4 aromatic rings. The number of anilines is 1. The van der Waals surface area contributed by atoms with Crippen molar-refractivity contribution in [3.63, 3.8) is 0 Å². The lowest BCUT2D eigenvalue weighted by Crippen LogP contribution is -2.38. The molecule has 1 aliphatic heterocycles. The van der Waals surface area contributed by atoms with E-state index in [1.54, 1.807) is 11.8 Å². The number of rotatable bonds is 7. The number of fused-ring (bicyclic) bond motifs is 1. The summed E-state index contributed by atoms with van der Waals surface area (Å²) in [6.45, 7) is 0. The number of hydrogen-bond donors (Lipinski definition) is 0. The van der Waals surface area contributed by atoms with Crippen LogP contribution in [0.15, 0.2) is 125 Å². The molecule has 35 heavy (non-hydrogen) atoms. The molecule has 0 aromatic heterocycles. The zero-order chi connectivity index (χ0) is 24.0. The maximum atomic E-state index is 13.5. The highest BCUT2D eigenvalue weighted by Gasteiger charge is 2.32. The second-order valence-electron chi connectivity index (χ2n) is 8.47. The molecule has 0 radical (unpaired) electrons. The summed E-state index contributed by atoms with van der Waals surface area (Å²) >= 11 is 3.53. The van der Waals surface area contributed by atoms with E-state index in [0.717, 1.165) is 16.3 Å². The normalized spacial score (nSPS) is 16.0. The van der Waals surface area contributed by atoms with E-state index in [1.807, 2.05) is 54.0 Å². The van der Waals surface area contributed by atoms with Crippen molar-refractivity contribution in [2.45, 2.75) is 21.5 Å². The van der Waals surface area contributed by atoms with Gasteiger partial charge < -0.3 is 4.90 Å². The molecule has 2 nitrogen and oxygen atoms in total. The van der Waals surface area contributed by atoms with Gasteiger partial charge in [-0.3, -0.25) is 4.79 Å². The number of para-hydroxylation sites is 1. The summed E-state index contributed by atoms with van der Waals surface area (Å²) in [5, 5.41) is -0.175. The van der Waals surface area contributed by atoms with Crippen molar-refractivity contribution in [1.29, 1.82) is 0 Å². The lowest BCUT2D eigenvalue weighted by Gasteiger charge is -2.32. The molecular weight excluding hydrogens is 466 g/mol. The quantitative estimate of drug-likeness (QED) is 0.193. The summed E-state index contributed by atoms with van der Waals surface area (Å²) < 4.78 is 0. The van der Waals surface area contributed by atoms with E-state index in [0.29, 0.717) is 6.42 Å². The summed E-state index contributed by atoms with van der Waals surface area (Å²) in [5.41, 5.74) is 5.89. The highest BCUT2D eigenvalue weighted by Crippen LogP contribution is 2.43. The predicted molar refractivity (Wildman–Crippen MR) is 151 cm³/mol. The third-order valence-corrected chi connectivity index (χ3v) is 8.52. The van der Waals surface area contributed by atoms with Gasteiger partial charge in [-0.25, -0.2) is 0 Å². The zero-order valence-electron chi connectivity index (χ0n) is 19.6. The van der Waals surface area contributed by atoms with Gasteiger partial charge in [-0.2, -0.15) is 0 Å². The molecule has 1 heterocycles. The highest BCUT2D eigenvalue weighted by atomic mass is 32.2. The van der Waals surface area contributed by atoms with E-state index in [2.05, 4.69) is 84.9 Å². The summed E-state index contributed by atoms with van der Waals surface area (Å²) in [5.74, 6) is 0.987. The first-order valence-electron chi connectivity index (χ1n) is 11.7. The fraction of sp³-hybridized carbons (Fsp3) is 0.129. The minimum Gasteiger partial charge on any atom is -0.313 e. The summed E-state index contributed by atoms with van der Waals surface area (Å²) in [6, 6.07) is 39.9. The Labute approximate surface area is 216 Å². The zero-order valence-corrected chi connectivity index (χ0v) is 21.3. The molecule has 1 unspecified atom stereocenters. The molecule has 174 valence electrons. The molecule has 1 amide bonds. The lowest BCUT2D eigenvalue weighted by molar-refractivity contribution is -0.117. The van der Waals surface area contributed by atoms with Crippen molar-refractivity contribution in [3.8, 4) is 0 Å². The number of thioether (sulfide) groups is 2. The molecule has 0 saturated carbocycles. The van der Waals surface area contributed by atoms with Crippen LogP contribution >= 0.6 is 23.5 Å². The monoisotopic (exact) mass is 493 g/mol. The van der Waals surface area contributed by atoms with Crippen molar-refractivity contribution in [1.82, 2.24) is 0 Å². The minimum absolute atomic E-state index is 0.158. The van der Waals surface area contributed by atoms with Crippen LogP contribution < -0.4 is 4.90 Å². The van der Waals surface area contributed by atoms with Crippen molar-refractivity contribution < 1.29 is 4.79 Å². The van der Waals surface area contributed by atoms with Gasteiger partial charge in [-0.05, 0) is 53.0 Å². The van der Waals surface area contributed by atoms with Crippen LogP contribution in [0, 0.1) is 0 Å². The van der Waals surface area contributed by atoms with E-state index in [-0.39, 0.29) is 11.2 Å². The maximum Gasteiger partial charge on any atom is 0.240 e. The molecule has 0 spiro atoms. The van der Waals surface area contributed by atoms with Gasteiger partial charge in [-0.15, -0.1) is 23.5 Å². The third kappa shape index (κ3) is 5.39. The fourth-order valence-electron chi connectivity index (χ4n) is 4.40. The molecule has 4 heteroatoms. The summed E-state index contributed by atoms with van der Waals surface area (Å²) in [7, 11) is 1.89. The van der Waals surface area contributed by atoms with Gasteiger partial charge in [0.05, 0.1) is 10.9 Å².